The number of esters is 1. The largest absolute Gasteiger partial charge is 0.463 e. The summed E-state index contributed by atoms with van der Waals surface area (Å²) in [4.78, 5) is 10.9. The summed E-state index contributed by atoms with van der Waals surface area (Å²) in [6, 6.07) is 0. The molecule has 0 saturated carbocycles. The van der Waals surface area contributed by atoms with Gasteiger partial charge in [-0.1, -0.05) is 41.7 Å². The molecule has 0 aromatic rings. The second kappa shape index (κ2) is 7.83. The third kappa shape index (κ3) is 5.79. The number of methoxy groups -OCH3 is 1. The van der Waals surface area contributed by atoms with E-state index in [9.17, 15) is 4.79 Å². The molecule has 6 nitrogen and oxygen atoms in total. The van der Waals surface area contributed by atoms with Crippen molar-refractivity contribution in [3.05, 3.63) is 0 Å². The molecule has 1 aliphatic heterocycles. The van der Waals surface area contributed by atoms with Crippen molar-refractivity contribution in [1.29, 1.82) is 5.41 Å². The molecule has 21 heavy (non-hydrogen) atoms. The topological polar surface area (TPSA) is 77.8 Å². The second-order valence-electron chi connectivity index (χ2n) is 4.74. The molecule has 1 heterocycles. The molecule has 3 unspecified atom stereocenters. The third-order valence-electron chi connectivity index (χ3n) is 3.10. The van der Waals surface area contributed by atoms with Crippen LogP contribution >= 0.6 is 34.8 Å². The Bertz CT molecular complexity index is 388. The molecule has 0 radical (unpaired) electrons. The van der Waals surface area contributed by atoms with Gasteiger partial charge in [-0.3, -0.25) is 10.2 Å². The van der Waals surface area contributed by atoms with Gasteiger partial charge >= 0.3 is 5.97 Å². The molecule has 0 aromatic heterocycles. The minimum atomic E-state index is -1.96. The van der Waals surface area contributed by atoms with E-state index in [1.807, 2.05) is 6.92 Å². The van der Waals surface area contributed by atoms with Gasteiger partial charge in [0.1, 0.15) is 6.61 Å². The first kappa shape index (κ1) is 18.8. The van der Waals surface area contributed by atoms with Crippen LogP contribution in [-0.2, 0) is 23.7 Å². The Balaban J connectivity index is 2.71. The van der Waals surface area contributed by atoms with Gasteiger partial charge in [-0.2, -0.15) is 0 Å². The van der Waals surface area contributed by atoms with E-state index in [1.54, 1.807) is 7.11 Å². The van der Waals surface area contributed by atoms with Crippen LogP contribution in [0.5, 0.6) is 0 Å². The van der Waals surface area contributed by atoms with E-state index in [1.165, 1.54) is 6.92 Å². The average Bonchev–Trinajstić information content (AvgIpc) is 2.38. The predicted octanol–water partition coefficient (Wildman–Crippen LogP) is 2.68. The third-order valence-corrected chi connectivity index (χ3v) is 3.62. The van der Waals surface area contributed by atoms with Crippen molar-refractivity contribution in [1.82, 2.24) is 0 Å². The van der Waals surface area contributed by atoms with Gasteiger partial charge in [-0.15, -0.1) is 0 Å². The van der Waals surface area contributed by atoms with Crippen molar-refractivity contribution < 1.29 is 23.7 Å². The average molecular weight is 363 g/mol. The van der Waals surface area contributed by atoms with Gasteiger partial charge < -0.3 is 18.9 Å². The maximum Gasteiger partial charge on any atom is 0.302 e. The van der Waals surface area contributed by atoms with Gasteiger partial charge in [0.15, 0.2) is 0 Å². The first-order valence-corrected chi connectivity index (χ1v) is 7.42. The van der Waals surface area contributed by atoms with Crippen LogP contribution in [-0.4, -0.2) is 47.9 Å². The highest BCUT2D eigenvalue weighted by Gasteiger charge is 2.41. The van der Waals surface area contributed by atoms with Gasteiger partial charge in [0.25, 0.3) is 3.79 Å². The SMILES string of the molecule is CO[C@@H]1CC(COC(C)=O)OC(OC(=N)C(Cl)(Cl)Cl)C1C. The first-order chi connectivity index (χ1) is 9.65. The summed E-state index contributed by atoms with van der Waals surface area (Å²) >= 11 is 16.8. The summed E-state index contributed by atoms with van der Waals surface area (Å²) in [5, 5.41) is 7.60. The molecule has 1 saturated heterocycles. The van der Waals surface area contributed by atoms with E-state index in [0.29, 0.717) is 6.42 Å². The summed E-state index contributed by atoms with van der Waals surface area (Å²) in [5.74, 6) is -1.12. The van der Waals surface area contributed by atoms with Crippen LogP contribution in [0.2, 0.25) is 0 Å². The minimum absolute atomic E-state index is 0.0723. The van der Waals surface area contributed by atoms with Crippen molar-refractivity contribution >= 4 is 46.7 Å². The number of hydrogen-bond acceptors (Lipinski definition) is 6. The first-order valence-electron chi connectivity index (χ1n) is 6.29. The Labute approximate surface area is 138 Å². The van der Waals surface area contributed by atoms with Crippen molar-refractivity contribution in [2.45, 2.75) is 42.6 Å². The van der Waals surface area contributed by atoms with Crippen LogP contribution in [0, 0.1) is 11.3 Å². The highest BCUT2D eigenvalue weighted by atomic mass is 35.6. The Kier molecular flexibility index (Phi) is 7.00. The van der Waals surface area contributed by atoms with Gasteiger partial charge in [0.05, 0.1) is 12.2 Å². The minimum Gasteiger partial charge on any atom is -0.463 e. The predicted molar refractivity (Wildman–Crippen MR) is 79.0 cm³/mol. The number of rotatable bonds is 4. The lowest BCUT2D eigenvalue weighted by Gasteiger charge is -2.39. The van der Waals surface area contributed by atoms with E-state index in [0.717, 1.165) is 0 Å². The Morgan fingerprint density at radius 1 is 1.43 bits per heavy atom. The fourth-order valence-electron chi connectivity index (χ4n) is 1.96. The van der Waals surface area contributed by atoms with Crippen molar-refractivity contribution in [3.8, 4) is 0 Å². The lowest BCUT2D eigenvalue weighted by atomic mass is 9.95. The molecule has 4 atom stereocenters. The standard InChI is InChI=1S/C12H18Cl3NO5/c1-6-9(18-3)4-8(5-19-7(2)17)20-10(6)21-11(16)12(13,14)15/h6,8-10,16H,4-5H2,1-3H3/t6?,8?,9-,10?/m1/s1. The fraction of sp³-hybridized carbons (Fsp3) is 0.833. The Hall–Kier alpha value is -0.270. The second-order valence-corrected chi connectivity index (χ2v) is 7.02. The molecule has 1 fully saturated rings. The van der Waals surface area contributed by atoms with Crippen molar-refractivity contribution in [2.24, 2.45) is 5.92 Å². The zero-order valence-electron chi connectivity index (χ0n) is 11.9. The van der Waals surface area contributed by atoms with E-state index in [4.69, 9.17) is 59.2 Å². The van der Waals surface area contributed by atoms with E-state index in [2.05, 4.69) is 0 Å². The highest BCUT2D eigenvalue weighted by Crippen LogP contribution is 2.33. The van der Waals surface area contributed by atoms with Gasteiger partial charge in [-0.25, -0.2) is 0 Å². The quantitative estimate of drug-likeness (QED) is 0.360. The number of nitrogens with one attached hydrogen (secondary N) is 1. The van der Waals surface area contributed by atoms with Crippen LogP contribution in [0.25, 0.3) is 0 Å². The van der Waals surface area contributed by atoms with Crippen molar-refractivity contribution in [2.75, 3.05) is 13.7 Å². The molecule has 1 rings (SSSR count). The number of carbonyl (C=O) groups excluding carboxylic acids is 1. The number of halogens is 3. The van der Waals surface area contributed by atoms with Gasteiger partial charge in [0, 0.05) is 26.4 Å². The summed E-state index contributed by atoms with van der Waals surface area (Å²) in [6.45, 7) is 3.22. The molecule has 0 spiro atoms. The molecule has 0 bridgehead atoms. The zero-order valence-corrected chi connectivity index (χ0v) is 14.2. The molecule has 9 heteroatoms. The van der Waals surface area contributed by atoms with Crippen LogP contribution in [0.1, 0.15) is 20.3 Å². The summed E-state index contributed by atoms with van der Waals surface area (Å²) in [6.07, 6.45) is -0.894. The van der Waals surface area contributed by atoms with Gasteiger partial charge in [-0.05, 0) is 0 Å². The normalized spacial score (nSPS) is 29.8. The lowest BCUT2D eigenvalue weighted by molar-refractivity contribution is -0.227. The number of ether oxygens (including phenoxy) is 4. The molecular formula is C12H18Cl3NO5. The molecule has 1 N–H and O–H groups in total. The Morgan fingerprint density at radius 2 is 2.05 bits per heavy atom. The molecule has 0 aromatic carbocycles. The molecule has 1 aliphatic rings. The summed E-state index contributed by atoms with van der Waals surface area (Å²) in [5.41, 5.74) is 0. The van der Waals surface area contributed by atoms with Gasteiger partial charge in [0.2, 0.25) is 12.2 Å². The van der Waals surface area contributed by atoms with E-state index >= 15 is 0 Å². The summed E-state index contributed by atoms with van der Waals surface area (Å²) in [7, 11) is 1.56. The number of hydrogen-bond donors (Lipinski definition) is 1. The number of alkyl halides is 3. The summed E-state index contributed by atoms with van der Waals surface area (Å²) < 4.78 is 19.3. The van der Waals surface area contributed by atoms with Crippen LogP contribution in [0.15, 0.2) is 0 Å². The molecule has 0 aliphatic carbocycles. The molecular weight excluding hydrogens is 344 g/mol. The zero-order chi connectivity index (χ0) is 16.2. The molecule has 0 amide bonds. The highest BCUT2D eigenvalue weighted by molar-refractivity contribution is 6.76. The van der Waals surface area contributed by atoms with E-state index < -0.39 is 28.1 Å². The van der Waals surface area contributed by atoms with Crippen molar-refractivity contribution in [3.63, 3.8) is 0 Å². The number of carbonyl (C=O) groups is 1. The van der Waals surface area contributed by atoms with E-state index in [-0.39, 0.29) is 18.6 Å². The maximum atomic E-state index is 10.9. The maximum absolute atomic E-state index is 10.9. The monoisotopic (exact) mass is 361 g/mol. The Morgan fingerprint density at radius 3 is 2.52 bits per heavy atom. The van der Waals surface area contributed by atoms with Crippen LogP contribution in [0.4, 0.5) is 0 Å². The smallest absolute Gasteiger partial charge is 0.302 e. The van der Waals surface area contributed by atoms with Crippen LogP contribution in [0.3, 0.4) is 0 Å². The van der Waals surface area contributed by atoms with Crippen LogP contribution < -0.4 is 0 Å². The molecule has 122 valence electrons. The lowest BCUT2D eigenvalue weighted by Crippen LogP contribution is -2.48. The fourth-order valence-corrected chi connectivity index (χ4v) is 2.10.